The van der Waals surface area contributed by atoms with Gasteiger partial charge in [0.2, 0.25) is 0 Å². The Kier molecular flexibility index (Phi) is 4.67. The number of halogens is 1. The lowest BCUT2D eigenvalue weighted by molar-refractivity contribution is -0.152. The van der Waals surface area contributed by atoms with Gasteiger partial charge >= 0.3 is 5.97 Å². The van der Waals surface area contributed by atoms with Gasteiger partial charge in [0.05, 0.1) is 5.56 Å². The van der Waals surface area contributed by atoms with E-state index >= 15 is 0 Å². The first-order valence-corrected chi connectivity index (χ1v) is 5.79. The fourth-order valence-corrected chi connectivity index (χ4v) is 1.39. The summed E-state index contributed by atoms with van der Waals surface area (Å²) >= 11 is 5.85. The molecule has 0 saturated carbocycles. The highest BCUT2D eigenvalue weighted by atomic mass is 35.5. The number of hydrogen-bond acceptors (Lipinski definition) is 5. The van der Waals surface area contributed by atoms with E-state index in [1.54, 1.807) is 26.8 Å². The van der Waals surface area contributed by atoms with Crippen LogP contribution in [0.3, 0.4) is 0 Å². The standard InChI is InChI=1S/C12H16ClN3O2/c1-12(2,3)18-10(17)7-15-6-8-9(14)4-5-16-11(8)13/h4-6H,7H2,1-3H3,(H2,14,16)/b15-6+. The van der Waals surface area contributed by atoms with E-state index in [0.717, 1.165) is 0 Å². The highest BCUT2D eigenvalue weighted by molar-refractivity contribution is 6.32. The molecule has 0 fully saturated rings. The number of aromatic nitrogens is 1. The summed E-state index contributed by atoms with van der Waals surface area (Å²) in [6.07, 6.45) is 2.93. The van der Waals surface area contributed by atoms with Crippen molar-refractivity contribution in [2.75, 3.05) is 12.3 Å². The highest BCUT2D eigenvalue weighted by Gasteiger charge is 2.15. The molecule has 0 radical (unpaired) electrons. The van der Waals surface area contributed by atoms with E-state index in [-0.39, 0.29) is 11.7 Å². The van der Waals surface area contributed by atoms with E-state index in [2.05, 4.69) is 9.98 Å². The zero-order chi connectivity index (χ0) is 13.8. The molecular weight excluding hydrogens is 254 g/mol. The predicted octanol–water partition coefficient (Wildman–Crippen LogP) is 2.08. The molecule has 1 heterocycles. The third-order valence-corrected chi connectivity index (χ3v) is 2.14. The fraction of sp³-hybridized carbons (Fsp3) is 0.417. The Labute approximate surface area is 111 Å². The van der Waals surface area contributed by atoms with Crippen LogP contribution >= 0.6 is 11.6 Å². The molecule has 18 heavy (non-hydrogen) atoms. The fourth-order valence-electron chi connectivity index (χ4n) is 1.17. The zero-order valence-electron chi connectivity index (χ0n) is 10.6. The second-order valence-corrected chi connectivity index (χ2v) is 5.02. The Morgan fingerprint density at radius 1 is 1.61 bits per heavy atom. The number of anilines is 1. The van der Waals surface area contributed by atoms with Crippen molar-refractivity contribution in [2.24, 2.45) is 4.99 Å². The third kappa shape index (κ3) is 4.71. The molecule has 2 N–H and O–H groups in total. The second kappa shape index (κ2) is 5.82. The van der Waals surface area contributed by atoms with Gasteiger partial charge in [-0.1, -0.05) is 11.6 Å². The second-order valence-electron chi connectivity index (χ2n) is 4.66. The van der Waals surface area contributed by atoms with Crippen molar-refractivity contribution < 1.29 is 9.53 Å². The zero-order valence-corrected chi connectivity index (χ0v) is 11.4. The number of hydrogen-bond donors (Lipinski definition) is 1. The van der Waals surface area contributed by atoms with Crippen LogP contribution in [0.15, 0.2) is 17.3 Å². The largest absolute Gasteiger partial charge is 0.459 e. The summed E-state index contributed by atoms with van der Waals surface area (Å²) in [5.41, 5.74) is 6.16. The van der Waals surface area contributed by atoms with E-state index in [1.165, 1.54) is 12.4 Å². The van der Waals surface area contributed by atoms with Crippen LogP contribution in [-0.2, 0) is 9.53 Å². The van der Waals surface area contributed by atoms with Crippen LogP contribution in [0.1, 0.15) is 26.3 Å². The van der Waals surface area contributed by atoms with Crippen LogP contribution in [0.5, 0.6) is 0 Å². The molecule has 1 aromatic rings. The summed E-state index contributed by atoms with van der Waals surface area (Å²) in [7, 11) is 0. The quantitative estimate of drug-likeness (QED) is 0.518. The maximum atomic E-state index is 11.4. The number of ether oxygens (including phenoxy) is 1. The van der Waals surface area contributed by atoms with Crippen molar-refractivity contribution in [3.05, 3.63) is 23.0 Å². The molecule has 0 bridgehead atoms. The summed E-state index contributed by atoms with van der Waals surface area (Å²) in [6, 6.07) is 1.61. The van der Waals surface area contributed by atoms with Gasteiger partial charge in [-0.25, -0.2) is 4.98 Å². The maximum absolute atomic E-state index is 11.4. The van der Waals surface area contributed by atoms with Crippen molar-refractivity contribution in [1.82, 2.24) is 4.98 Å². The van der Waals surface area contributed by atoms with E-state index in [1.807, 2.05) is 0 Å². The number of nitrogen functional groups attached to an aromatic ring is 1. The first kappa shape index (κ1) is 14.4. The number of carbonyl (C=O) groups is 1. The molecule has 0 aliphatic rings. The minimum Gasteiger partial charge on any atom is -0.459 e. The van der Waals surface area contributed by atoms with E-state index in [0.29, 0.717) is 11.3 Å². The van der Waals surface area contributed by atoms with Crippen LogP contribution < -0.4 is 5.73 Å². The average Bonchev–Trinajstić information content (AvgIpc) is 2.19. The van der Waals surface area contributed by atoms with Gasteiger partial charge in [0, 0.05) is 18.1 Å². The summed E-state index contributed by atoms with van der Waals surface area (Å²) in [4.78, 5) is 19.2. The molecule has 0 unspecified atom stereocenters. The smallest absolute Gasteiger partial charge is 0.328 e. The van der Waals surface area contributed by atoms with Gasteiger partial charge in [-0.3, -0.25) is 9.79 Å². The van der Waals surface area contributed by atoms with Crippen LogP contribution in [0.2, 0.25) is 5.15 Å². The predicted molar refractivity (Wildman–Crippen MR) is 72.0 cm³/mol. The molecule has 5 nitrogen and oxygen atoms in total. The molecule has 0 saturated heterocycles. The van der Waals surface area contributed by atoms with Gasteiger partial charge in [0.25, 0.3) is 0 Å². The molecule has 0 amide bonds. The first-order chi connectivity index (χ1) is 8.29. The van der Waals surface area contributed by atoms with Crippen molar-refractivity contribution >= 4 is 29.5 Å². The van der Waals surface area contributed by atoms with Crippen LogP contribution in [0.25, 0.3) is 0 Å². The first-order valence-electron chi connectivity index (χ1n) is 5.41. The van der Waals surface area contributed by atoms with Gasteiger partial charge in [-0.15, -0.1) is 0 Å². The minimum atomic E-state index is -0.516. The molecular formula is C12H16ClN3O2. The molecule has 0 aromatic carbocycles. The topological polar surface area (TPSA) is 77.6 Å². The third-order valence-electron chi connectivity index (χ3n) is 1.84. The summed E-state index contributed by atoms with van der Waals surface area (Å²) in [6.45, 7) is 5.31. The Morgan fingerprint density at radius 3 is 2.83 bits per heavy atom. The van der Waals surface area contributed by atoms with Crippen molar-refractivity contribution in [1.29, 1.82) is 0 Å². The Balaban J connectivity index is 2.63. The summed E-state index contributed by atoms with van der Waals surface area (Å²) in [5, 5.41) is 0.253. The lowest BCUT2D eigenvalue weighted by Gasteiger charge is -2.18. The molecule has 98 valence electrons. The number of esters is 1. The molecule has 0 spiro atoms. The van der Waals surface area contributed by atoms with Gasteiger partial charge in [0.15, 0.2) is 0 Å². The number of nitrogens with two attached hydrogens (primary N) is 1. The monoisotopic (exact) mass is 269 g/mol. The summed E-state index contributed by atoms with van der Waals surface area (Å²) in [5.74, 6) is -0.405. The van der Waals surface area contributed by atoms with E-state index in [4.69, 9.17) is 22.1 Å². The SMILES string of the molecule is CC(C)(C)OC(=O)C/N=C/c1c(N)ccnc1Cl. The van der Waals surface area contributed by atoms with Crippen LogP contribution in [-0.4, -0.2) is 29.3 Å². The van der Waals surface area contributed by atoms with E-state index < -0.39 is 11.6 Å². The lowest BCUT2D eigenvalue weighted by Crippen LogP contribution is -2.25. The molecule has 6 heteroatoms. The Morgan fingerprint density at radius 2 is 2.28 bits per heavy atom. The highest BCUT2D eigenvalue weighted by Crippen LogP contribution is 2.16. The maximum Gasteiger partial charge on any atom is 0.328 e. The average molecular weight is 270 g/mol. The Hall–Kier alpha value is -1.62. The number of aliphatic imine (C=N–C) groups is 1. The number of rotatable bonds is 3. The van der Waals surface area contributed by atoms with Crippen LogP contribution in [0, 0.1) is 0 Å². The number of carbonyl (C=O) groups excluding carboxylic acids is 1. The number of nitrogens with zero attached hydrogens (tertiary/aromatic N) is 2. The molecule has 1 rings (SSSR count). The molecule has 1 aromatic heterocycles. The molecule has 0 aliphatic heterocycles. The Bertz CT molecular complexity index is 447. The molecule has 0 aliphatic carbocycles. The lowest BCUT2D eigenvalue weighted by atomic mass is 10.2. The summed E-state index contributed by atoms with van der Waals surface area (Å²) < 4.78 is 5.10. The van der Waals surface area contributed by atoms with Crippen molar-refractivity contribution in [3.8, 4) is 0 Å². The van der Waals surface area contributed by atoms with Gasteiger partial charge in [0.1, 0.15) is 17.3 Å². The van der Waals surface area contributed by atoms with E-state index in [9.17, 15) is 4.79 Å². The normalized spacial score (nSPS) is 11.8. The van der Waals surface area contributed by atoms with Crippen molar-refractivity contribution in [2.45, 2.75) is 26.4 Å². The van der Waals surface area contributed by atoms with Crippen molar-refractivity contribution in [3.63, 3.8) is 0 Å². The van der Waals surface area contributed by atoms with Crippen LogP contribution in [0.4, 0.5) is 5.69 Å². The van der Waals surface area contributed by atoms with Gasteiger partial charge in [-0.2, -0.15) is 0 Å². The molecule has 0 atom stereocenters. The number of pyridine rings is 1. The minimum absolute atomic E-state index is 0.0814. The van der Waals surface area contributed by atoms with Gasteiger partial charge in [-0.05, 0) is 26.8 Å². The van der Waals surface area contributed by atoms with Gasteiger partial charge < -0.3 is 10.5 Å².